The van der Waals surface area contributed by atoms with Gasteiger partial charge in [0, 0.05) is 6.42 Å². The summed E-state index contributed by atoms with van der Waals surface area (Å²) in [6.07, 6.45) is 2.48. The predicted octanol–water partition coefficient (Wildman–Crippen LogP) is 7.57. The van der Waals surface area contributed by atoms with Crippen LogP contribution < -0.4 is 4.74 Å². The average molecular weight is 472 g/mol. The Hall–Kier alpha value is -2.18. The fourth-order valence-electron chi connectivity index (χ4n) is 4.80. The number of aryl methyl sites for hydroxylation is 1. The maximum atomic E-state index is 16.0. The number of benzene rings is 2. The van der Waals surface area contributed by atoms with E-state index in [0.717, 1.165) is 24.0 Å². The molecule has 0 saturated heterocycles. The van der Waals surface area contributed by atoms with E-state index in [9.17, 15) is 5.11 Å². The second-order valence-electron chi connectivity index (χ2n) is 10.1. The van der Waals surface area contributed by atoms with Crippen molar-refractivity contribution in [1.82, 2.24) is 4.98 Å². The van der Waals surface area contributed by atoms with Crippen LogP contribution in [0.4, 0.5) is 4.39 Å². The van der Waals surface area contributed by atoms with Gasteiger partial charge in [-0.3, -0.25) is 0 Å². The monoisotopic (exact) mass is 471 g/mol. The normalized spacial score (nSPS) is 16.6. The van der Waals surface area contributed by atoms with Crippen LogP contribution in [0.15, 0.2) is 24.3 Å². The highest BCUT2D eigenvalue weighted by Crippen LogP contribution is 2.49. The third-order valence-electron chi connectivity index (χ3n) is 6.92. The lowest BCUT2D eigenvalue weighted by atomic mass is 9.62. The molecule has 3 nitrogen and oxygen atoms in total. The molecule has 0 aliphatic heterocycles. The van der Waals surface area contributed by atoms with Crippen LogP contribution in [0.2, 0.25) is 0 Å². The molecule has 0 spiro atoms. The lowest BCUT2D eigenvalue weighted by Crippen LogP contribution is -2.34. The molecule has 32 heavy (non-hydrogen) atoms. The molecule has 1 aliphatic carbocycles. The SMILES string of the molecule is COc1ccc(Cc2sc(=S)[nH]c2O)c(F)c1-c1cc2c(cc1C)C(C)(C)CCC2(C)C. The average Bonchev–Trinajstić information content (AvgIpc) is 3.04. The van der Waals surface area contributed by atoms with Crippen LogP contribution >= 0.6 is 23.6 Å². The van der Waals surface area contributed by atoms with Crippen molar-refractivity contribution in [3.63, 3.8) is 0 Å². The second-order valence-corrected chi connectivity index (χ2v) is 11.8. The number of nitrogens with one attached hydrogen (secondary N) is 1. The van der Waals surface area contributed by atoms with Crippen LogP contribution in [-0.2, 0) is 17.3 Å². The van der Waals surface area contributed by atoms with E-state index in [0.29, 0.717) is 25.7 Å². The van der Waals surface area contributed by atoms with Gasteiger partial charge in [-0.2, -0.15) is 0 Å². The van der Waals surface area contributed by atoms with E-state index in [1.54, 1.807) is 13.2 Å². The minimum atomic E-state index is -0.320. The molecule has 4 rings (SSSR count). The number of H-pyrrole nitrogens is 1. The van der Waals surface area contributed by atoms with E-state index < -0.39 is 0 Å². The zero-order chi connectivity index (χ0) is 23.4. The first-order valence-corrected chi connectivity index (χ1v) is 12.1. The fraction of sp³-hybridized carbons (Fsp3) is 0.423. The molecule has 0 saturated carbocycles. The minimum Gasteiger partial charge on any atom is -0.496 e. The highest BCUT2D eigenvalue weighted by atomic mass is 32.1. The summed E-state index contributed by atoms with van der Waals surface area (Å²) in [7, 11) is 1.57. The molecule has 0 unspecified atom stereocenters. The molecule has 0 atom stereocenters. The standard InChI is InChI=1S/C26H30FNO2S2/c1-14-11-17-18(26(4,5)10-9-25(17,2)3)13-16(14)21-19(30-6)8-7-15(22(21)27)12-20-23(29)28-24(31)32-20/h7-8,11,13,29H,9-10,12H2,1-6H3,(H,28,31). The number of methoxy groups -OCH3 is 1. The van der Waals surface area contributed by atoms with Crippen LogP contribution in [-0.4, -0.2) is 17.2 Å². The van der Waals surface area contributed by atoms with E-state index >= 15 is 4.39 Å². The molecule has 6 heteroatoms. The van der Waals surface area contributed by atoms with Gasteiger partial charge in [0.2, 0.25) is 5.88 Å². The molecular formula is C26H30FNO2S2. The van der Waals surface area contributed by atoms with Gasteiger partial charge < -0.3 is 14.8 Å². The molecule has 0 amide bonds. The summed E-state index contributed by atoms with van der Waals surface area (Å²) in [5.41, 5.74) is 5.60. The number of rotatable bonds is 4. The summed E-state index contributed by atoms with van der Waals surface area (Å²) < 4.78 is 22.1. The summed E-state index contributed by atoms with van der Waals surface area (Å²) >= 11 is 6.38. The molecule has 1 aliphatic rings. The molecule has 2 N–H and O–H groups in total. The number of aromatic nitrogens is 1. The lowest BCUT2D eigenvalue weighted by Gasteiger charge is -2.42. The Morgan fingerprint density at radius 1 is 1.12 bits per heavy atom. The van der Waals surface area contributed by atoms with Gasteiger partial charge in [0.1, 0.15) is 11.6 Å². The van der Waals surface area contributed by atoms with Crippen molar-refractivity contribution in [2.75, 3.05) is 7.11 Å². The Labute approximate surface area is 198 Å². The van der Waals surface area contributed by atoms with E-state index in [-0.39, 0.29) is 28.9 Å². The largest absolute Gasteiger partial charge is 0.496 e. The molecule has 2 aromatic carbocycles. The highest BCUT2D eigenvalue weighted by Gasteiger charge is 2.38. The van der Waals surface area contributed by atoms with Crippen LogP contribution in [0.1, 0.15) is 67.7 Å². The Bertz CT molecular complexity index is 1250. The van der Waals surface area contributed by atoms with E-state index in [2.05, 4.69) is 44.8 Å². The first-order chi connectivity index (χ1) is 14.9. The van der Waals surface area contributed by atoms with Gasteiger partial charge >= 0.3 is 0 Å². The fourth-order valence-corrected chi connectivity index (χ4v) is 5.94. The number of thiazole rings is 1. The number of hydrogen-bond donors (Lipinski definition) is 2. The predicted molar refractivity (Wildman–Crippen MR) is 132 cm³/mol. The third-order valence-corrected chi connectivity index (χ3v) is 8.15. The van der Waals surface area contributed by atoms with Crippen molar-refractivity contribution in [2.24, 2.45) is 0 Å². The molecule has 0 bridgehead atoms. The van der Waals surface area contributed by atoms with Gasteiger partial charge in [0.25, 0.3) is 0 Å². The van der Waals surface area contributed by atoms with Crippen LogP contribution in [0.5, 0.6) is 11.6 Å². The number of ether oxygens (including phenoxy) is 1. The van der Waals surface area contributed by atoms with Gasteiger partial charge in [0.15, 0.2) is 3.95 Å². The Morgan fingerprint density at radius 3 is 2.31 bits per heavy atom. The number of fused-ring (bicyclic) bond motifs is 1. The maximum absolute atomic E-state index is 16.0. The summed E-state index contributed by atoms with van der Waals surface area (Å²) in [5.74, 6) is 0.192. The summed E-state index contributed by atoms with van der Waals surface area (Å²) in [6, 6.07) is 7.94. The summed E-state index contributed by atoms with van der Waals surface area (Å²) in [6.45, 7) is 11.2. The molecule has 3 aromatic rings. The van der Waals surface area contributed by atoms with Crippen molar-refractivity contribution in [1.29, 1.82) is 0 Å². The Balaban J connectivity index is 1.91. The van der Waals surface area contributed by atoms with Crippen LogP contribution in [0, 0.1) is 16.7 Å². The Morgan fingerprint density at radius 2 is 1.75 bits per heavy atom. The van der Waals surface area contributed by atoms with Gasteiger partial charge in [-0.1, -0.05) is 39.8 Å². The molecule has 1 heterocycles. The van der Waals surface area contributed by atoms with Crippen molar-refractivity contribution >= 4 is 23.6 Å². The molecular weight excluding hydrogens is 441 g/mol. The van der Waals surface area contributed by atoms with Crippen LogP contribution in [0.25, 0.3) is 11.1 Å². The van der Waals surface area contributed by atoms with Crippen molar-refractivity contribution in [3.05, 3.63) is 61.2 Å². The zero-order valence-electron chi connectivity index (χ0n) is 19.5. The van der Waals surface area contributed by atoms with E-state index in [1.807, 2.05) is 13.0 Å². The summed E-state index contributed by atoms with van der Waals surface area (Å²) in [5, 5.41) is 10.1. The van der Waals surface area contributed by atoms with E-state index in [1.165, 1.54) is 22.5 Å². The topological polar surface area (TPSA) is 45.2 Å². The highest BCUT2D eigenvalue weighted by molar-refractivity contribution is 7.73. The van der Waals surface area contributed by atoms with Crippen molar-refractivity contribution in [2.45, 2.75) is 64.7 Å². The quantitative estimate of drug-likeness (QED) is 0.386. The van der Waals surface area contributed by atoms with Gasteiger partial charge in [0.05, 0.1) is 17.6 Å². The maximum Gasteiger partial charge on any atom is 0.203 e. The first kappa shape index (κ1) is 23.0. The number of aromatic amines is 1. The zero-order valence-corrected chi connectivity index (χ0v) is 21.1. The van der Waals surface area contributed by atoms with E-state index in [4.69, 9.17) is 17.0 Å². The molecule has 0 fully saturated rings. The number of halogens is 1. The van der Waals surface area contributed by atoms with Gasteiger partial charge in [-0.05, 0) is 82.8 Å². The lowest BCUT2D eigenvalue weighted by molar-refractivity contribution is 0.332. The third kappa shape index (κ3) is 3.88. The number of aromatic hydroxyl groups is 1. The minimum absolute atomic E-state index is 0.00529. The summed E-state index contributed by atoms with van der Waals surface area (Å²) in [4.78, 5) is 3.34. The van der Waals surface area contributed by atoms with Crippen molar-refractivity contribution in [3.8, 4) is 22.8 Å². The van der Waals surface area contributed by atoms with Crippen molar-refractivity contribution < 1.29 is 14.2 Å². The van der Waals surface area contributed by atoms with Gasteiger partial charge in [-0.25, -0.2) is 4.39 Å². The first-order valence-electron chi connectivity index (χ1n) is 10.9. The smallest absolute Gasteiger partial charge is 0.203 e. The molecule has 0 radical (unpaired) electrons. The van der Waals surface area contributed by atoms with Crippen LogP contribution in [0.3, 0.4) is 0 Å². The Kier molecular flexibility index (Phi) is 5.74. The molecule has 1 aromatic heterocycles. The second kappa shape index (κ2) is 7.99. The van der Waals surface area contributed by atoms with Gasteiger partial charge in [-0.15, -0.1) is 11.3 Å². The number of hydrogen-bond acceptors (Lipinski definition) is 4. The molecule has 170 valence electrons.